The number of benzene rings is 1. The van der Waals surface area contributed by atoms with Crippen molar-refractivity contribution in [2.75, 3.05) is 36.2 Å². The Morgan fingerprint density at radius 3 is 2.52 bits per heavy atom. The maximum Gasteiger partial charge on any atom is 0.251 e. The number of carbonyl (C=O) groups is 1. The molecular formula is C14H19N3O3S. The number of hydrogen-bond acceptors (Lipinski definition) is 4. The van der Waals surface area contributed by atoms with Gasteiger partial charge in [0.2, 0.25) is 10.0 Å². The van der Waals surface area contributed by atoms with Crippen molar-refractivity contribution in [1.29, 1.82) is 0 Å². The van der Waals surface area contributed by atoms with Crippen molar-refractivity contribution in [3.05, 3.63) is 29.8 Å². The molecule has 2 heterocycles. The first-order valence-corrected chi connectivity index (χ1v) is 8.76. The van der Waals surface area contributed by atoms with Gasteiger partial charge in [0.05, 0.1) is 11.4 Å². The van der Waals surface area contributed by atoms with Crippen LogP contribution in [0.2, 0.25) is 0 Å². The van der Waals surface area contributed by atoms with Gasteiger partial charge in [-0.25, -0.2) is 8.42 Å². The molecule has 0 bridgehead atoms. The fraction of sp³-hybridized carbons (Fsp3) is 0.500. The molecule has 1 amide bonds. The third kappa shape index (κ3) is 3.03. The van der Waals surface area contributed by atoms with E-state index in [-0.39, 0.29) is 11.7 Å². The molecule has 6 nitrogen and oxygen atoms in total. The van der Waals surface area contributed by atoms with Crippen molar-refractivity contribution < 1.29 is 13.2 Å². The van der Waals surface area contributed by atoms with Gasteiger partial charge in [-0.15, -0.1) is 0 Å². The van der Waals surface area contributed by atoms with Crippen LogP contribution >= 0.6 is 0 Å². The van der Waals surface area contributed by atoms with Crippen LogP contribution in [-0.4, -0.2) is 46.3 Å². The lowest BCUT2D eigenvalue weighted by Gasteiger charge is -2.27. The minimum Gasteiger partial charge on any atom is -0.352 e. The summed E-state index contributed by atoms with van der Waals surface area (Å²) < 4.78 is 25.1. The Morgan fingerprint density at radius 2 is 2.00 bits per heavy atom. The summed E-state index contributed by atoms with van der Waals surface area (Å²) in [5.41, 5.74) is 1.19. The summed E-state index contributed by atoms with van der Waals surface area (Å²) >= 11 is 0. The van der Waals surface area contributed by atoms with Crippen LogP contribution in [0.3, 0.4) is 0 Å². The monoisotopic (exact) mass is 309 g/mol. The highest BCUT2D eigenvalue weighted by atomic mass is 32.2. The molecule has 0 spiro atoms. The third-order valence-electron chi connectivity index (χ3n) is 3.93. The number of carbonyl (C=O) groups excluding carboxylic acids is 1. The van der Waals surface area contributed by atoms with Gasteiger partial charge in [-0.2, -0.15) is 0 Å². The zero-order chi connectivity index (χ0) is 14.9. The standard InChI is InChI=1S/C14H19N3O3S/c18-14(16-10-11-8-15-9-11)12-2-4-13(5-3-12)17-6-1-7-21(17,19)20/h2-5,11,15H,1,6-10H2,(H,16,18). The van der Waals surface area contributed by atoms with Crippen LogP contribution in [0.4, 0.5) is 5.69 Å². The second-order valence-corrected chi connectivity index (χ2v) is 7.54. The van der Waals surface area contributed by atoms with Gasteiger partial charge in [0.25, 0.3) is 5.91 Å². The maximum absolute atomic E-state index is 12.0. The van der Waals surface area contributed by atoms with Gasteiger partial charge >= 0.3 is 0 Å². The van der Waals surface area contributed by atoms with Crippen molar-refractivity contribution in [3.63, 3.8) is 0 Å². The lowest BCUT2D eigenvalue weighted by atomic mass is 10.0. The zero-order valence-electron chi connectivity index (χ0n) is 11.7. The second-order valence-electron chi connectivity index (χ2n) is 5.52. The average Bonchev–Trinajstić information content (AvgIpc) is 2.76. The number of rotatable bonds is 4. The Kier molecular flexibility index (Phi) is 3.86. The molecule has 1 aromatic rings. The molecule has 2 N–H and O–H groups in total. The Balaban J connectivity index is 1.64. The van der Waals surface area contributed by atoms with E-state index in [0.29, 0.717) is 36.7 Å². The maximum atomic E-state index is 12.0. The number of nitrogens with one attached hydrogen (secondary N) is 2. The van der Waals surface area contributed by atoms with Crippen LogP contribution in [0.15, 0.2) is 24.3 Å². The summed E-state index contributed by atoms with van der Waals surface area (Å²) in [5.74, 6) is 0.602. The molecule has 0 aliphatic carbocycles. The number of hydrogen-bond donors (Lipinski definition) is 2. The Labute approximate surface area is 124 Å². The van der Waals surface area contributed by atoms with E-state index < -0.39 is 10.0 Å². The molecule has 0 radical (unpaired) electrons. The lowest BCUT2D eigenvalue weighted by Crippen LogP contribution is -2.48. The van der Waals surface area contributed by atoms with Gasteiger partial charge < -0.3 is 10.6 Å². The lowest BCUT2D eigenvalue weighted by molar-refractivity contribution is 0.0942. The Morgan fingerprint density at radius 1 is 1.29 bits per heavy atom. The second kappa shape index (κ2) is 5.65. The molecule has 2 aliphatic rings. The molecule has 7 heteroatoms. The molecule has 0 unspecified atom stereocenters. The largest absolute Gasteiger partial charge is 0.352 e. The minimum atomic E-state index is -3.16. The van der Waals surface area contributed by atoms with Gasteiger partial charge in [-0.3, -0.25) is 9.10 Å². The van der Waals surface area contributed by atoms with E-state index in [4.69, 9.17) is 0 Å². The first kappa shape index (κ1) is 14.3. The number of amides is 1. The topological polar surface area (TPSA) is 78.5 Å². The van der Waals surface area contributed by atoms with Gasteiger partial charge in [0.15, 0.2) is 0 Å². The number of sulfonamides is 1. The fourth-order valence-corrected chi connectivity index (χ4v) is 4.10. The van der Waals surface area contributed by atoms with Crippen LogP contribution in [0.1, 0.15) is 16.8 Å². The van der Waals surface area contributed by atoms with Gasteiger partial charge in [-0.1, -0.05) is 0 Å². The molecule has 21 heavy (non-hydrogen) atoms. The van der Waals surface area contributed by atoms with Gasteiger partial charge in [0.1, 0.15) is 0 Å². The van der Waals surface area contributed by atoms with Crippen LogP contribution in [0.25, 0.3) is 0 Å². The highest BCUT2D eigenvalue weighted by Crippen LogP contribution is 2.24. The smallest absolute Gasteiger partial charge is 0.251 e. The van der Waals surface area contributed by atoms with Crippen molar-refractivity contribution in [1.82, 2.24) is 10.6 Å². The SMILES string of the molecule is O=C(NCC1CNC1)c1ccc(N2CCCS2(=O)=O)cc1. The molecule has 0 aromatic heterocycles. The summed E-state index contributed by atoms with van der Waals surface area (Å²) in [6.07, 6.45) is 0.653. The van der Waals surface area contributed by atoms with E-state index in [1.54, 1.807) is 24.3 Å². The van der Waals surface area contributed by atoms with Gasteiger partial charge in [0, 0.05) is 37.7 Å². The molecule has 114 valence electrons. The molecular weight excluding hydrogens is 290 g/mol. The average molecular weight is 309 g/mol. The number of nitrogens with zero attached hydrogens (tertiary/aromatic N) is 1. The summed E-state index contributed by atoms with van der Waals surface area (Å²) in [5, 5.41) is 6.05. The summed E-state index contributed by atoms with van der Waals surface area (Å²) in [4.78, 5) is 12.0. The molecule has 2 fully saturated rings. The predicted octanol–water partition coefficient (Wildman–Crippen LogP) is 0.176. The highest BCUT2D eigenvalue weighted by Gasteiger charge is 2.28. The van der Waals surface area contributed by atoms with E-state index in [9.17, 15) is 13.2 Å². The molecule has 0 atom stereocenters. The van der Waals surface area contributed by atoms with Gasteiger partial charge in [-0.05, 0) is 30.7 Å². The van der Waals surface area contributed by atoms with Crippen molar-refractivity contribution in [3.8, 4) is 0 Å². The fourth-order valence-electron chi connectivity index (χ4n) is 2.54. The summed E-state index contributed by atoms with van der Waals surface area (Å²) in [7, 11) is -3.16. The van der Waals surface area contributed by atoms with Crippen molar-refractivity contribution in [2.24, 2.45) is 5.92 Å². The quantitative estimate of drug-likeness (QED) is 0.831. The minimum absolute atomic E-state index is 0.113. The molecule has 2 aliphatic heterocycles. The number of anilines is 1. The molecule has 0 saturated carbocycles. The summed E-state index contributed by atoms with van der Waals surface area (Å²) in [6, 6.07) is 6.75. The van der Waals surface area contributed by atoms with E-state index in [1.165, 1.54) is 4.31 Å². The summed E-state index contributed by atoms with van der Waals surface area (Å²) in [6.45, 7) is 3.09. The zero-order valence-corrected chi connectivity index (χ0v) is 12.5. The Bertz CT molecular complexity index is 623. The molecule has 1 aromatic carbocycles. The normalized spacial score (nSPS) is 21.0. The van der Waals surface area contributed by atoms with Crippen LogP contribution < -0.4 is 14.9 Å². The van der Waals surface area contributed by atoms with Crippen molar-refractivity contribution >= 4 is 21.6 Å². The van der Waals surface area contributed by atoms with Crippen molar-refractivity contribution in [2.45, 2.75) is 6.42 Å². The van der Waals surface area contributed by atoms with Crippen LogP contribution in [0.5, 0.6) is 0 Å². The third-order valence-corrected chi connectivity index (χ3v) is 5.80. The van der Waals surface area contributed by atoms with Crippen LogP contribution in [0, 0.1) is 5.92 Å². The molecule has 2 saturated heterocycles. The Hall–Kier alpha value is -1.60. The molecule has 3 rings (SSSR count). The van der Waals surface area contributed by atoms with E-state index in [1.807, 2.05) is 0 Å². The van der Waals surface area contributed by atoms with E-state index >= 15 is 0 Å². The predicted molar refractivity (Wildman–Crippen MR) is 80.9 cm³/mol. The van der Waals surface area contributed by atoms with Crippen LogP contribution in [-0.2, 0) is 10.0 Å². The van der Waals surface area contributed by atoms with E-state index in [0.717, 1.165) is 13.1 Å². The van der Waals surface area contributed by atoms with E-state index in [2.05, 4.69) is 10.6 Å². The first-order valence-electron chi connectivity index (χ1n) is 7.16. The first-order chi connectivity index (χ1) is 10.1. The highest BCUT2D eigenvalue weighted by molar-refractivity contribution is 7.93.